The van der Waals surface area contributed by atoms with Gasteiger partial charge in [-0.2, -0.15) is 0 Å². The van der Waals surface area contributed by atoms with Gasteiger partial charge in [0.15, 0.2) is 16.6 Å². The van der Waals surface area contributed by atoms with Crippen molar-refractivity contribution < 1.29 is 14.2 Å². The average Bonchev–Trinajstić information content (AvgIpc) is 2.66. The van der Waals surface area contributed by atoms with Gasteiger partial charge in [-0.1, -0.05) is 6.07 Å². The molecule has 5 nitrogen and oxygen atoms in total. The summed E-state index contributed by atoms with van der Waals surface area (Å²) in [7, 11) is 1.65. The Morgan fingerprint density at radius 3 is 2.52 bits per heavy atom. The molecule has 0 fully saturated rings. The third-order valence-corrected chi connectivity index (χ3v) is 4.35. The van der Waals surface area contributed by atoms with Gasteiger partial charge in [0.2, 0.25) is 0 Å². The molecule has 2 aromatic rings. The van der Waals surface area contributed by atoms with Crippen LogP contribution in [0.5, 0.6) is 17.2 Å². The van der Waals surface area contributed by atoms with Gasteiger partial charge in [-0.3, -0.25) is 0 Å². The Hall–Kier alpha value is -2.47. The van der Waals surface area contributed by atoms with Crippen LogP contribution in [-0.2, 0) is 6.54 Å². The van der Waals surface area contributed by atoms with Gasteiger partial charge < -0.3 is 24.4 Å². The van der Waals surface area contributed by atoms with Crippen molar-refractivity contribution in [1.82, 2.24) is 4.90 Å². The second-order valence-corrected chi connectivity index (χ2v) is 6.04. The molecule has 0 bridgehead atoms. The van der Waals surface area contributed by atoms with Gasteiger partial charge in [-0.25, -0.2) is 0 Å². The number of hydrogen-bond acceptors (Lipinski definition) is 4. The molecule has 0 aromatic heterocycles. The molecule has 0 saturated heterocycles. The van der Waals surface area contributed by atoms with Gasteiger partial charge in [-0.05, 0) is 61.1 Å². The smallest absolute Gasteiger partial charge is 0.173 e. The monoisotopic (exact) mass is 358 g/mol. The number of nitrogens with zero attached hydrogens (tertiary/aromatic N) is 1. The molecular formula is C19H22N2O3S. The third kappa shape index (κ3) is 4.33. The van der Waals surface area contributed by atoms with E-state index in [4.69, 9.17) is 26.4 Å². The van der Waals surface area contributed by atoms with Gasteiger partial charge in [-0.15, -0.1) is 0 Å². The standard InChI is InChI=1S/C19H22N2O3S/c1-3-21(19(25)20-15-5-7-16(22-2)8-6-15)13-14-4-9-17-18(12-14)24-11-10-23-17/h4-9,12H,3,10-11,13H2,1-2H3,(H,20,25). The molecule has 0 atom stereocenters. The van der Waals surface area contributed by atoms with E-state index < -0.39 is 0 Å². The van der Waals surface area contributed by atoms with Crippen LogP contribution >= 0.6 is 12.2 Å². The molecule has 0 spiro atoms. The maximum atomic E-state index is 5.65. The van der Waals surface area contributed by atoms with Crippen molar-refractivity contribution in [1.29, 1.82) is 0 Å². The molecule has 0 unspecified atom stereocenters. The van der Waals surface area contributed by atoms with Crippen LogP contribution < -0.4 is 19.5 Å². The summed E-state index contributed by atoms with van der Waals surface area (Å²) < 4.78 is 16.4. The number of anilines is 1. The van der Waals surface area contributed by atoms with E-state index in [0.717, 1.165) is 35.0 Å². The van der Waals surface area contributed by atoms with Crippen molar-refractivity contribution in [2.24, 2.45) is 0 Å². The molecule has 1 aliphatic rings. The van der Waals surface area contributed by atoms with E-state index >= 15 is 0 Å². The van der Waals surface area contributed by atoms with Gasteiger partial charge in [0.25, 0.3) is 0 Å². The predicted molar refractivity (Wildman–Crippen MR) is 103 cm³/mol. The van der Waals surface area contributed by atoms with Crippen LogP contribution in [0.2, 0.25) is 0 Å². The summed E-state index contributed by atoms with van der Waals surface area (Å²) in [5.41, 5.74) is 2.07. The van der Waals surface area contributed by atoms with Crippen molar-refractivity contribution in [2.75, 3.05) is 32.2 Å². The third-order valence-electron chi connectivity index (χ3n) is 3.99. The fourth-order valence-corrected chi connectivity index (χ4v) is 2.92. The fourth-order valence-electron chi connectivity index (χ4n) is 2.61. The van der Waals surface area contributed by atoms with Crippen molar-refractivity contribution in [3.05, 3.63) is 48.0 Å². The highest BCUT2D eigenvalue weighted by Gasteiger charge is 2.14. The normalized spacial score (nSPS) is 12.4. The Morgan fingerprint density at radius 2 is 1.84 bits per heavy atom. The maximum Gasteiger partial charge on any atom is 0.173 e. The molecule has 1 aliphatic heterocycles. The zero-order valence-corrected chi connectivity index (χ0v) is 15.3. The number of methoxy groups -OCH3 is 1. The Labute approximate surface area is 153 Å². The number of rotatable bonds is 5. The van der Waals surface area contributed by atoms with E-state index in [9.17, 15) is 0 Å². The number of fused-ring (bicyclic) bond motifs is 1. The first-order valence-corrected chi connectivity index (χ1v) is 8.69. The van der Waals surface area contributed by atoms with Gasteiger partial charge >= 0.3 is 0 Å². The first kappa shape index (κ1) is 17.4. The largest absolute Gasteiger partial charge is 0.497 e. The fraction of sp³-hybridized carbons (Fsp3) is 0.316. The lowest BCUT2D eigenvalue weighted by molar-refractivity contribution is 0.171. The van der Waals surface area contributed by atoms with Crippen molar-refractivity contribution in [3.63, 3.8) is 0 Å². The van der Waals surface area contributed by atoms with E-state index in [0.29, 0.717) is 24.9 Å². The first-order valence-electron chi connectivity index (χ1n) is 8.28. The molecule has 3 rings (SSSR count). The highest BCUT2D eigenvalue weighted by atomic mass is 32.1. The van der Waals surface area contributed by atoms with Gasteiger partial charge in [0.1, 0.15) is 19.0 Å². The van der Waals surface area contributed by atoms with Crippen LogP contribution in [0, 0.1) is 0 Å². The van der Waals surface area contributed by atoms with Crippen molar-refractivity contribution >= 4 is 23.0 Å². The first-order chi connectivity index (χ1) is 12.2. The summed E-state index contributed by atoms with van der Waals surface area (Å²) in [6, 6.07) is 13.7. The van der Waals surface area contributed by atoms with E-state index in [1.165, 1.54) is 0 Å². The van der Waals surface area contributed by atoms with Crippen LogP contribution in [0.4, 0.5) is 5.69 Å². The molecular weight excluding hydrogens is 336 g/mol. The lowest BCUT2D eigenvalue weighted by Gasteiger charge is -2.25. The highest BCUT2D eigenvalue weighted by molar-refractivity contribution is 7.80. The maximum absolute atomic E-state index is 5.65. The van der Waals surface area contributed by atoms with Crippen molar-refractivity contribution in [2.45, 2.75) is 13.5 Å². The number of hydrogen-bond donors (Lipinski definition) is 1. The van der Waals surface area contributed by atoms with Crippen molar-refractivity contribution in [3.8, 4) is 17.2 Å². The number of nitrogens with one attached hydrogen (secondary N) is 1. The molecule has 6 heteroatoms. The zero-order chi connectivity index (χ0) is 17.6. The van der Waals surface area contributed by atoms with E-state index in [1.807, 2.05) is 42.5 Å². The molecule has 2 aromatic carbocycles. The molecule has 25 heavy (non-hydrogen) atoms. The zero-order valence-electron chi connectivity index (χ0n) is 14.5. The summed E-state index contributed by atoms with van der Waals surface area (Å²) in [5, 5.41) is 3.96. The minimum absolute atomic E-state index is 0.589. The van der Waals surface area contributed by atoms with Crippen LogP contribution in [0.15, 0.2) is 42.5 Å². The molecule has 0 amide bonds. The molecule has 0 aliphatic carbocycles. The second kappa shape index (κ2) is 8.07. The summed E-state index contributed by atoms with van der Waals surface area (Å²) >= 11 is 5.57. The summed E-state index contributed by atoms with van der Waals surface area (Å²) in [5.74, 6) is 2.42. The molecule has 0 saturated carbocycles. The van der Waals surface area contributed by atoms with Crippen LogP contribution in [0.1, 0.15) is 12.5 Å². The average molecular weight is 358 g/mol. The van der Waals surface area contributed by atoms with Gasteiger partial charge in [0.05, 0.1) is 7.11 Å². The van der Waals surface area contributed by atoms with E-state index in [1.54, 1.807) is 7.11 Å². The Balaban J connectivity index is 1.65. The topological polar surface area (TPSA) is 43.0 Å². The quantitative estimate of drug-likeness (QED) is 0.823. The molecule has 132 valence electrons. The second-order valence-electron chi connectivity index (χ2n) is 5.65. The Bertz CT molecular complexity index is 734. The predicted octanol–water partition coefficient (Wildman–Crippen LogP) is 3.69. The number of ether oxygens (including phenoxy) is 3. The Kier molecular flexibility index (Phi) is 5.60. The molecule has 1 N–H and O–H groups in total. The SMILES string of the molecule is CCN(Cc1ccc2c(c1)OCCO2)C(=S)Nc1ccc(OC)cc1. The molecule has 1 heterocycles. The minimum atomic E-state index is 0.589. The summed E-state index contributed by atoms with van der Waals surface area (Å²) in [6.07, 6.45) is 0. The lowest BCUT2D eigenvalue weighted by Crippen LogP contribution is -2.34. The van der Waals surface area contributed by atoms with Gasteiger partial charge in [0, 0.05) is 18.8 Å². The summed E-state index contributed by atoms with van der Waals surface area (Å²) in [4.78, 5) is 2.10. The summed E-state index contributed by atoms with van der Waals surface area (Å²) in [6.45, 7) is 4.78. The van der Waals surface area contributed by atoms with Crippen LogP contribution in [-0.4, -0.2) is 36.9 Å². The number of benzene rings is 2. The lowest BCUT2D eigenvalue weighted by atomic mass is 10.2. The van der Waals surface area contributed by atoms with Crippen LogP contribution in [0.3, 0.4) is 0 Å². The number of thiocarbonyl (C=S) groups is 1. The van der Waals surface area contributed by atoms with E-state index in [2.05, 4.69) is 17.1 Å². The molecule has 0 radical (unpaired) electrons. The van der Waals surface area contributed by atoms with Crippen LogP contribution in [0.25, 0.3) is 0 Å². The Morgan fingerprint density at radius 1 is 1.12 bits per heavy atom. The highest BCUT2D eigenvalue weighted by Crippen LogP contribution is 2.31. The van der Waals surface area contributed by atoms with E-state index in [-0.39, 0.29) is 0 Å². The minimum Gasteiger partial charge on any atom is -0.497 e.